The van der Waals surface area contributed by atoms with Crippen LogP contribution in [0.4, 0.5) is 0 Å². The van der Waals surface area contributed by atoms with Crippen molar-refractivity contribution in [2.24, 2.45) is 12.0 Å². The molecule has 0 spiro atoms. The second-order valence-electron chi connectivity index (χ2n) is 3.47. The van der Waals surface area contributed by atoms with Gasteiger partial charge in [-0.1, -0.05) is 6.07 Å². The molecule has 1 aromatic heterocycles. The fraction of sp³-hybridized carbons (Fsp3) is 0.273. The molecule has 0 saturated heterocycles. The lowest BCUT2D eigenvalue weighted by Gasteiger charge is -1.97. The molecule has 0 amide bonds. The van der Waals surface area contributed by atoms with E-state index in [0.29, 0.717) is 6.54 Å². The van der Waals surface area contributed by atoms with Crippen molar-refractivity contribution in [1.29, 1.82) is 0 Å². The normalized spacial score (nSPS) is 10.3. The summed E-state index contributed by atoms with van der Waals surface area (Å²) in [6.45, 7) is 2.35. The van der Waals surface area contributed by atoms with E-state index in [4.69, 9.17) is 0 Å². The molecule has 2 rings (SSSR count). The van der Waals surface area contributed by atoms with Crippen LogP contribution in [0.15, 0.2) is 23.2 Å². The molecule has 0 aliphatic rings. The Morgan fingerprint density at radius 2 is 2.33 bits per heavy atom. The summed E-state index contributed by atoms with van der Waals surface area (Å²) in [6, 6.07) is 5.95. The molecule has 1 heterocycles. The number of aryl methyl sites for hydroxylation is 2. The van der Waals surface area contributed by atoms with Crippen LogP contribution in [0.2, 0.25) is 0 Å². The Kier molecular flexibility index (Phi) is 2.35. The second kappa shape index (κ2) is 3.67. The minimum Gasteiger partial charge on any atom is -0.268 e. The molecule has 0 atom stereocenters. The average molecular weight is 201 g/mol. The van der Waals surface area contributed by atoms with E-state index < -0.39 is 0 Å². The maximum Gasteiger partial charge on any atom is 0.235 e. The Bertz CT molecular complexity index is 550. The monoisotopic (exact) mass is 201 g/mol. The summed E-state index contributed by atoms with van der Waals surface area (Å²) in [4.78, 5) is 13.6. The number of nitrogens with zero attached hydrogens (tertiary/aromatic N) is 3. The number of rotatable bonds is 2. The topological polar surface area (TPSA) is 47.2 Å². The van der Waals surface area contributed by atoms with Gasteiger partial charge < -0.3 is 0 Å². The lowest BCUT2D eigenvalue weighted by molar-refractivity contribution is 0.563. The summed E-state index contributed by atoms with van der Waals surface area (Å²) in [6.07, 6.45) is 1.54. The average Bonchev–Trinajstić information content (AvgIpc) is 2.52. The number of hydrogen-bond acceptors (Lipinski definition) is 3. The van der Waals surface area contributed by atoms with Gasteiger partial charge in [-0.05, 0) is 24.6 Å². The number of hydrogen-bond donors (Lipinski definition) is 0. The first-order chi connectivity index (χ1) is 7.22. The van der Waals surface area contributed by atoms with Gasteiger partial charge in [0.15, 0.2) is 0 Å². The summed E-state index contributed by atoms with van der Waals surface area (Å²) < 4.78 is 1.84. The van der Waals surface area contributed by atoms with Gasteiger partial charge in [-0.15, -0.1) is 0 Å². The van der Waals surface area contributed by atoms with Crippen molar-refractivity contribution in [3.63, 3.8) is 0 Å². The zero-order chi connectivity index (χ0) is 10.8. The van der Waals surface area contributed by atoms with E-state index in [0.717, 1.165) is 22.2 Å². The fourth-order valence-corrected chi connectivity index (χ4v) is 1.71. The molecule has 2 aromatic rings. The Labute approximate surface area is 87.2 Å². The van der Waals surface area contributed by atoms with Crippen LogP contribution in [0, 0.1) is 6.92 Å². The molecule has 0 aliphatic heterocycles. The van der Waals surface area contributed by atoms with Gasteiger partial charge in [0.05, 0.1) is 17.8 Å². The standard InChI is InChI=1S/C11H11N3O/c1-8-10-5-9(6-12-7-15)3-4-11(10)14(2)13-8/h3-5H,6H2,1-2H3. The Morgan fingerprint density at radius 1 is 1.53 bits per heavy atom. The van der Waals surface area contributed by atoms with Crippen molar-refractivity contribution in [1.82, 2.24) is 9.78 Å². The lowest BCUT2D eigenvalue weighted by Crippen LogP contribution is -1.89. The second-order valence-corrected chi connectivity index (χ2v) is 3.47. The predicted octanol–water partition coefficient (Wildman–Crippen LogP) is 1.72. The van der Waals surface area contributed by atoms with Crippen molar-refractivity contribution in [3.8, 4) is 0 Å². The molecule has 0 fully saturated rings. The predicted molar refractivity (Wildman–Crippen MR) is 57.3 cm³/mol. The van der Waals surface area contributed by atoms with E-state index in [9.17, 15) is 4.79 Å². The van der Waals surface area contributed by atoms with Crippen LogP contribution in [0.5, 0.6) is 0 Å². The van der Waals surface area contributed by atoms with E-state index in [2.05, 4.69) is 10.1 Å². The van der Waals surface area contributed by atoms with Crippen LogP contribution < -0.4 is 0 Å². The largest absolute Gasteiger partial charge is 0.268 e. The first-order valence-corrected chi connectivity index (χ1v) is 4.68. The van der Waals surface area contributed by atoms with E-state index in [1.165, 1.54) is 6.08 Å². The van der Waals surface area contributed by atoms with Crippen molar-refractivity contribution in [2.45, 2.75) is 13.5 Å². The zero-order valence-electron chi connectivity index (χ0n) is 8.69. The third-order valence-corrected chi connectivity index (χ3v) is 2.43. The highest BCUT2D eigenvalue weighted by Gasteiger charge is 2.04. The van der Waals surface area contributed by atoms with Crippen LogP contribution in [-0.4, -0.2) is 15.9 Å². The summed E-state index contributed by atoms with van der Waals surface area (Å²) in [5.74, 6) is 0. The molecule has 0 radical (unpaired) electrons. The van der Waals surface area contributed by atoms with Gasteiger partial charge in [-0.25, -0.2) is 9.79 Å². The van der Waals surface area contributed by atoms with E-state index in [1.807, 2.05) is 36.9 Å². The number of benzene rings is 1. The highest BCUT2D eigenvalue weighted by Crippen LogP contribution is 2.19. The summed E-state index contributed by atoms with van der Waals surface area (Å²) >= 11 is 0. The minimum absolute atomic E-state index is 0.383. The molecular formula is C11H11N3O. The molecule has 0 unspecified atom stereocenters. The van der Waals surface area contributed by atoms with Crippen molar-refractivity contribution in [3.05, 3.63) is 29.5 Å². The minimum atomic E-state index is 0.383. The van der Waals surface area contributed by atoms with Gasteiger partial charge in [0, 0.05) is 12.4 Å². The van der Waals surface area contributed by atoms with E-state index in [1.54, 1.807) is 0 Å². The smallest absolute Gasteiger partial charge is 0.235 e. The Balaban J connectivity index is 2.54. The van der Waals surface area contributed by atoms with Crippen LogP contribution >= 0.6 is 0 Å². The maximum atomic E-state index is 10.0. The highest BCUT2D eigenvalue weighted by molar-refractivity contribution is 5.82. The third-order valence-electron chi connectivity index (χ3n) is 2.43. The molecule has 15 heavy (non-hydrogen) atoms. The van der Waals surface area contributed by atoms with Crippen LogP contribution in [0.3, 0.4) is 0 Å². The van der Waals surface area contributed by atoms with E-state index >= 15 is 0 Å². The van der Waals surface area contributed by atoms with Crippen LogP contribution in [-0.2, 0) is 18.4 Å². The molecule has 4 nitrogen and oxygen atoms in total. The highest BCUT2D eigenvalue weighted by atomic mass is 16.1. The van der Waals surface area contributed by atoms with Gasteiger partial charge in [0.1, 0.15) is 0 Å². The van der Waals surface area contributed by atoms with Crippen LogP contribution in [0.1, 0.15) is 11.3 Å². The number of carbonyl (C=O) groups excluding carboxylic acids is 1. The third kappa shape index (κ3) is 1.67. The molecule has 0 saturated carbocycles. The van der Waals surface area contributed by atoms with Crippen LogP contribution in [0.25, 0.3) is 10.9 Å². The molecule has 1 aromatic carbocycles. The lowest BCUT2D eigenvalue weighted by atomic mass is 10.1. The SMILES string of the molecule is Cc1nn(C)c2ccc(CN=C=O)cc12. The number of isocyanates is 1. The van der Waals surface area contributed by atoms with Gasteiger partial charge in [0.2, 0.25) is 6.08 Å². The summed E-state index contributed by atoms with van der Waals surface area (Å²) in [7, 11) is 1.92. The molecule has 0 N–H and O–H groups in total. The summed E-state index contributed by atoms with van der Waals surface area (Å²) in [5.41, 5.74) is 3.08. The first kappa shape index (κ1) is 9.62. The van der Waals surface area contributed by atoms with Gasteiger partial charge in [0.25, 0.3) is 0 Å². The number of aliphatic imine (C=N–C) groups is 1. The molecule has 4 heteroatoms. The Hall–Kier alpha value is -1.93. The van der Waals surface area contributed by atoms with Gasteiger partial charge in [-0.2, -0.15) is 5.10 Å². The molecule has 0 aliphatic carbocycles. The first-order valence-electron chi connectivity index (χ1n) is 4.68. The maximum absolute atomic E-state index is 10.0. The molecule has 0 bridgehead atoms. The molecule has 76 valence electrons. The van der Waals surface area contributed by atoms with E-state index in [-0.39, 0.29) is 0 Å². The van der Waals surface area contributed by atoms with Gasteiger partial charge in [-0.3, -0.25) is 4.68 Å². The van der Waals surface area contributed by atoms with Crippen molar-refractivity contribution in [2.75, 3.05) is 0 Å². The van der Waals surface area contributed by atoms with Gasteiger partial charge >= 0.3 is 0 Å². The quantitative estimate of drug-likeness (QED) is 0.548. The zero-order valence-corrected chi connectivity index (χ0v) is 8.69. The summed E-state index contributed by atoms with van der Waals surface area (Å²) in [5, 5.41) is 5.43. The molecular weight excluding hydrogens is 190 g/mol. The fourth-order valence-electron chi connectivity index (χ4n) is 1.71. The van der Waals surface area contributed by atoms with Crippen molar-refractivity contribution < 1.29 is 4.79 Å². The number of fused-ring (bicyclic) bond motifs is 1. The van der Waals surface area contributed by atoms with Crippen molar-refractivity contribution >= 4 is 17.0 Å². The number of aromatic nitrogens is 2. The Morgan fingerprint density at radius 3 is 3.07 bits per heavy atom.